The molecule has 2 aromatic carbocycles. The molecule has 0 atom stereocenters. The molecule has 0 saturated carbocycles. The van der Waals surface area contributed by atoms with Crippen LogP contribution in [0.15, 0.2) is 46.2 Å². The second-order valence-corrected chi connectivity index (χ2v) is 10.2. The Labute approximate surface area is 169 Å². The van der Waals surface area contributed by atoms with Crippen molar-refractivity contribution in [3.63, 3.8) is 0 Å². The summed E-state index contributed by atoms with van der Waals surface area (Å²) in [7, 11) is 3.63. The minimum atomic E-state index is 1.30. The van der Waals surface area contributed by atoms with Gasteiger partial charge in [0.05, 0.1) is 0 Å². The molecule has 0 nitrogen and oxygen atoms in total. The summed E-state index contributed by atoms with van der Waals surface area (Å²) < 4.78 is 5.25. The quantitative estimate of drug-likeness (QED) is 0.250. The van der Waals surface area contributed by atoms with E-state index in [1.54, 1.807) is 0 Å². The summed E-state index contributed by atoms with van der Waals surface area (Å²) in [5.74, 6) is 0. The second kappa shape index (κ2) is 7.90. The first-order chi connectivity index (χ1) is 8.56. The Hall–Kier alpha value is 2.06. The molecule has 0 aliphatic rings. The van der Waals surface area contributed by atoms with Crippen molar-refractivity contribution in [2.45, 2.75) is 9.79 Å². The molecular weight excluding hydrogens is 716 g/mol. The van der Waals surface area contributed by atoms with Crippen LogP contribution >= 0.6 is 112 Å². The molecule has 0 heterocycles. The van der Waals surface area contributed by atoms with Crippen LogP contribution in [0.4, 0.5) is 0 Å². The van der Waals surface area contributed by atoms with Gasteiger partial charge in [-0.2, -0.15) is 0 Å². The lowest BCUT2D eigenvalue weighted by atomic mass is 10.4. The van der Waals surface area contributed by atoms with Gasteiger partial charge in [-0.3, -0.25) is 0 Å². The molecule has 94 valence electrons. The van der Waals surface area contributed by atoms with Gasteiger partial charge in [0.15, 0.2) is 0 Å². The fourth-order valence-corrected chi connectivity index (χ4v) is 5.25. The van der Waals surface area contributed by atoms with Crippen LogP contribution < -0.4 is 0 Å². The second-order valence-electron chi connectivity index (χ2n) is 3.32. The van der Waals surface area contributed by atoms with Crippen molar-refractivity contribution in [1.82, 2.24) is 0 Å². The molecule has 18 heavy (non-hydrogen) atoms. The van der Waals surface area contributed by atoms with Crippen molar-refractivity contribution in [3.8, 4) is 0 Å². The van der Waals surface area contributed by atoms with Crippen LogP contribution in [-0.4, -0.2) is 0 Å². The summed E-state index contributed by atoms with van der Waals surface area (Å²) in [6.45, 7) is 0. The first-order valence-corrected chi connectivity index (χ1v) is 11.3. The van der Waals surface area contributed by atoms with E-state index in [-0.39, 0.29) is 0 Å². The highest BCUT2D eigenvalue weighted by atomic mass is 127. The monoisotopic (exact) mass is 722 g/mol. The highest BCUT2D eigenvalue weighted by Crippen LogP contribution is 2.39. The van der Waals surface area contributed by atoms with E-state index in [9.17, 15) is 0 Å². The van der Waals surface area contributed by atoms with Crippen LogP contribution in [0.3, 0.4) is 0 Å². The SMILES string of the molecule is Ic1ccc(SSc2ccc(I)c(I)c2)cc1I. The number of hydrogen-bond acceptors (Lipinski definition) is 2. The molecule has 0 aliphatic heterocycles. The van der Waals surface area contributed by atoms with E-state index in [4.69, 9.17) is 0 Å². The molecule has 0 spiro atoms. The maximum Gasteiger partial charge on any atom is 0.0275 e. The van der Waals surface area contributed by atoms with E-state index in [2.05, 4.69) is 127 Å². The average Bonchev–Trinajstić information content (AvgIpc) is 2.35. The first kappa shape index (κ1) is 16.4. The van der Waals surface area contributed by atoms with Crippen molar-refractivity contribution < 1.29 is 0 Å². The topological polar surface area (TPSA) is 0 Å². The molecule has 2 aromatic rings. The Morgan fingerprint density at radius 1 is 0.556 bits per heavy atom. The standard InChI is InChI=1S/C12H6I4S2/c13-9-3-1-7(5-11(9)15)17-18-8-2-4-10(14)12(16)6-8/h1-6H. The fraction of sp³-hybridized carbons (Fsp3) is 0. The largest absolute Gasteiger partial charge is 0.0525 e. The zero-order chi connectivity index (χ0) is 13.1. The lowest BCUT2D eigenvalue weighted by Crippen LogP contribution is -1.80. The molecule has 0 saturated heterocycles. The summed E-state index contributed by atoms with van der Waals surface area (Å²) in [5, 5.41) is 0. The van der Waals surface area contributed by atoms with E-state index in [1.165, 1.54) is 24.1 Å². The van der Waals surface area contributed by atoms with Crippen LogP contribution in [0.2, 0.25) is 0 Å². The van der Waals surface area contributed by atoms with Gasteiger partial charge in [0, 0.05) is 24.1 Å². The van der Waals surface area contributed by atoms with Crippen LogP contribution in [0.5, 0.6) is 0 Å². The van der Waals surface area contributed by atoms with E-state index in [0.717, 1.165) is 0 Å². The average molecular weight is 722 g/mol. The molecule has 0 aromatic heterocycles. The number of rotatable bonds is 3. The van der Waals surface area contributed by atoms with Gasteiger partial charge in [0.2, 0.25) is 0 Å². The summed E-state index contributed by atoms with van der Waals surface area (Å²) in [6, 6.07) is 13.2. The normalized spacial score (nSPS) is 10.7. The zero-order valence-electron chi connectivity index (χ0n) is 8.79. The molecule has 0 amide bonds. The van der Waals surface area contributed by atoms with Gasteiger partial charge >= 0.3 is 0 Å². The van der Waals surface area contributed by atoms with Crippen molar-refractivity contribution >= 4 is 112 Å². The fourth-order valence-electron chi connectivity index (χ4n) is 1.15. The van der Waals surface area contributed by atoms with Crippen molar-refractivity contribution in [2.75, 3.05) is 0 Å². The molecular formula is C12H6I4S2. The Morgan fingerprint density at radius 3 is 1.28 bits per heavy atom. The maximum absolute atomic E-state index is 2.38. The van der Waals surface area contributed by atoms with Gasteiger partial charge < -0.3 is 0 Å². The Kier molecular flexibility index (Phi) is 7.21. The van der Waals surface area contributed by atoms with Gasteiger partial charge in [-0.15, -0.1) is 0 Å². The third-order valence-electron chi connectivity index (χ3n) is 2.02. The third kappa shape index (κ3) is 4.81. The molecule has 0 fully saturated rings. The lowest BCUT2D eigenvalue weighted by Gasteiger charge is -2.04. The molecule has 0 unspecified atom stereocenters. The molecule has 0 bridgehead atoms. The third-order valence-corrected chi connectivity index (χ3v) is 10.1. The molecule has 0 aliphatic carbocycles. The first-order valence-electron chi connectivity index (χ1n) is 4.81. The van der Waals surface area contributed by atoms with Gasteiger partial charge in [0.25, 0.3) is 0 Å². The summed E-state index contributed by atoms with van der Waals surface area (Å²) in [6.07, 6.45) is 0. The van der Waals surface area contributed by atoms with Gasteiger partial charge in [-0.1, -0.05) is 21.6 Å². The number of halogens is 4. The molecule has 6 heteroatoms. The van der Waals surface area contributed by atoms with E-state index in [1.807, 2.05) is 21.6 Å². The van der Waals surface area contributed by atoms with E-state index < -0.39 is 0 Å². The Morgan fingerprint density at radius 2 is 0.944 bits per heavy atom. The molecule has 2 rings (SSSR count). The summed E-state index contributed by atoms with van der Waals surface area (Å²) in [4.78, 5) is 2.61. The van der Waals surface area contributed by atoms with Crippen LogP contribution in [0, 0.1) is 14.3 Å². The smallest absolute Gasteiger partial charge is 0.0275 e. The molecule has 0 radical (unpaired) electrons. The Balaban J connectivity index is 2.06. The van der Waals surface area contributed by atoms with Gasteiger partial charge in [0.1, 0.15) is 0 Å². The van der Waals surface area contributed by atoms with Crippen molar-refractivity contribution in [3.05, 3.63) is 50.7 Å². The van der Waals surface area contributed by atoms with E-state index >= 15 is 0 Å². The predicted octanol–water partition coefficient (Wildman–Crippen LogP) is 6.90. The maximum atomic E-state index is 2.38. The minimum absolute atomic E-state index is 1.30. The Bertz CT molecular complexity index is 520. The molecule has 0 N–H and O–H groups in total. The van der Waals surface area contributed by atoms with Gasteiger partial charge in [-0.25, -0.2) is 0 Å². The highest BCUT2D eigenvalue weighted by molar-refractivity contribution is 14.1. The van der Waals surface area contributed by atoms with Gasteiger partial charge in [-0.05, 0) is 127 Å². The highest BCUT2D eigenvalue weighted by Gasteiger charge is 2.03. The summed E-state index contributed by atoms with van der Waals surface area (Å²) in [5.41, 5.74) is 0. The van der Waals surface area contributed by atoms with E-state index in [0.29, 0.717) is 0 Å². The zero-order valence-corrected chi connectivity index (χ0v) is 19.1. The van der Waals surface area contributed by atoms with Crippen LogP contribution in [0.1, 0.15) is 0 Å². The number of benzene rings is 2. The lowest BCUT2D eigenvalue weighted by molar-refractivity contribution is 1.40. The van der Waals surface area contributed by atoms with Crippen molar-refractivity contribution in [2.24, 2.45) is 0 Å². The van der Waals surface area contributed by atoms with Crippen LogP contribution in [-0.2, 0) is 0 Å². The summed E-state index contributed by atoms with van der Waals surface area (Å²) >= 11 is 9.49. The predicted molar refractivity (Wildman–Crippen MR) is 115 cm³/mol. The minimum Gasteiger partial charge on any atom is -0.0525 e. The number of hydrogen-bond donors (Lipinski definition) is 0. The van der Waals surface area contributed by atoms with Crippen molar-refractivity contribution in [1.29, 1.82) is 0 Å². The van der Waals surface area contributed by atoms with Crippen LogP contribution in [0.25, 0.3) is 0 Å².